The van der Waals surface area contributed by atoms with Gasteiger partial charge in [0.05, 0.1) is 22.0 Å². The number of nitro benzene ring substituents is 2. The molecule has 0 aliphatic carbocycles. The zero-order valence-corrected chi connectivity index (χ0v) is 15.7. The van der Waals surface area contributed by atoms with Gasteiger partial charge in [-0.15, -0.1) is 11.3 Å². The maximum atomic E-state index is 11.3. The van der Waals surface area contributed by atoms with E-state index in [-0.39, 0.29) is 17.4 Å². The highest BCUT2D eigenvalue weighted by molar-refractivity contribution is 7.10. The van der Waals surface area contributed by atoms with Gasteiger partial charge in [0, 0.05) is 43.7 Å². The summed E-state index contributed by atoms with van der Waals surface area (Å²) in [6.45, 7) is 4.27. The first-order chi connectivity index (χ1) is 13.0. The first kappa shape index (κ1) is 19.2. The van der Waals surface area contributed by atoms with Crippen molar-refractivity contribution in [1.82, 2.24) is 9.80 Å². The van der Waals surface area contributed by atoms with Gasteiger partial charge in [-0.2, -0.15) is 0 Å². The Hall–Kier alpha value is -2.56. The molecule has 0 radical (unpaired) electrons. The lowest BCUT2D eigenvalue weighted by Crippen LogP contribution is -2.47. The third kappa shape index (κ3) is 4.59. The summed E-state index contributed by atoms with van der Waals surface area (Å²) in [4.78, 5) is 26.8. The van der Waals surface area contributed by atoms with E-state index in [1.54, 1.807) is 11.3 Å². The molecule has 1 saturated heterocycles. The summed E-state index contributed by atoms with van der Waals surface area (Å²) in [5.74, 6) is 0. The van der Waals surface area contributed by atoms with E-state index in [2.05, 4.69) is 28.2 Å². The average molecular weight is 391 g/mol. The molecule has 9 nitrogen and oxygen atoms in total. The van der Waals surface area contributed by atoms with E-state index in [4.69, 9.17) is 0 Å². The van der Waals surface area contributed by atoms with E-state index in [0.29, 0.717) is 12.2 Å². The third-order valence-electron chi connectivity index (χ3n) is 4.72. The van der Waals surface area contributed by atoms with Crippen LogP contribution >= 0.6 is 11.3 Å². The Labute approximate surface area is 160 Å². The lowest BCUT2D eigenvalue weighted by atomic mass is 10.1. The second-order valence-electron chi connectivity index (χ2n) is 6.47. The highest BCUT2D eigenvalue weighted by atomic mass is 32.1. The van der Waals surface area contributed by atoms with Crippen LogP contribution in [0.2, 0.25) is 0 Å². The molecule has 1 aliphatic rings. The molecular weight excluding hydrogens is 370 g/mol. The van der Waals surface area contributed by atoms with Crippen molar-refractivity contribution in [3.63, 3.8) is 0 Å². The number of non-ortho nitro benzene ring substituents is 1. The quantitative estimate of drug-likeness (QED) is 0.571. The Morgan fingerprint density at radius 1 is 1.15 bits per heavy atom. The van der Waals surface area contributed by atoms with Crippen LogP contribution in [0.5, 0.6) is 0 Å². The Morgan fingerprint density at radius 3 is 2.48 bits per heavy atom. The smallest absolute Gasteiger partial charge is 0.299 e. The molecule has 1 unspecified atom stereocenters. The van der Waals surface area contributed by atoms with Gasteiger partial charge in [0.2, 0.25) is 0 Å². The van der Waals surface area contributed by atoms with Crippen molar-refractivity contribution in [3.05, 3.63) is 60.8 Å². The summed E-state index contributed by atoms with van der Waals surface area (Å²) >= 11 is 1.66. The minimum Gasteiger partial charge on any atom is -0.378 e. The SMILES string of the molecule is CN1CCN(C(CNc2ccc([N+](=O)[O-])cc2[N+](=O)[O-])c2cccs2)CC1. The predicted octanol–water partition coefficient (Wildman–Crippen LogP) is 2.97. The van der Waals surface area contributed by atoms with E-state index in [9.17, 15) is 20.2 Å². The second kappa shape index (κ2) is 8.42. The van der Waals surface area contributed by atoms with Crippen LogP contribution in [0.4, 0.5) is 17.1 Å². The summed E-state index contributed by atoms with van der Waals surface area (Å²) in [6, 6.07) is 7.85. The van der Waals surface area contributed by atoms with Gasteiger partial charge in [0.15, 0.2) is 0 Å². The molecule has 1 aliphatic heterocycles. The summed E-state index contributed by atoms with van der Waals surface area (Å²) in [6.07, 6.45) is 0. The van der Waals surface area contributed by atoms with Gasteiger partial charge < -0.3 is 10.2 Å². The fraction of sp³-hybridized carbons (Fsp3) is 0.412. The predicted molar refractivity (Wildman–Crippen MR) is 104 cm³/mol. The molecule has 1 fully saturated rings. The highest BCUT2D eigenvalue weighted by Crippen LogP contribution is 2.31. The van der Waals surface area contributed by atoms with E-state index in [1.165, 1.54) is 17.0 Å². The van der Waals surface area contributed by atoms with Gasteiger partial charge in [0.25, 0.3) is 11.4 Å². The van der Waals surface area contributed by atoms with E-state index in [1.807, 2.05) is 11.4 Å². The maximum Gasteiger partial charge on any atom is 0.299 e. The van der Waals surface area contributed by atoms with Crippen molar-refractivity contribution in [2.75, 3.05) is 45.1 Å². The van der Waals surface area contributed by atoms with Crippen molar-refractivity contribution in [1.29, 1.82) is 0 Å². The zero-order valence-electron chi connectivity index (χ0n) is 14.9. The number of hydrogen-bond acceptors (Lipinski definition) is 8. The van der Waals surface area contributed by atoms with Crippen LogP contribution in [0.15, 0.2) is 35.7 Å². The number of nitrogens with zero attached hydrogens (tertiary/aromatic N) is 4. The number of likely N-dealkylation sites (N-methyl/N-ethyl adjacent to an activating group) is 1. The van der Waals surface area contributed by atoms with E-state index in [0.717, 1.165) is 32.2 Å². The molecule has 144 valence electrons. The topological polar surface area (TPSA) is 105 Å². The monoisotopic (exact) mass is 391 g/mol. The Bertz CT molecular complexity index is 806. The van der Waals surface area contributed by atoms with Gasteiger partial charge >= 0.3 is 0 Å². The molecule has 0 bridgehead atoms. The van der Waals surface area contributed by atoms with Gasteiger partial charge in [-0.3, -0.25) is 25.1 Å². The minimum atomic E-state index is -0.629. The summed E-state index contributed by atoms with van der Waals surface area (Å²) in [7, 11) is 2.09. The first-order valence-electron chi connectivity index (χ1n) is 8.58. The molecule has 1 N–H and O–H groups in total. The van der Waals surface area contributed by atoms with Crippen molar-refractivity contribution in [2.24, 2.45) is 0 Å². The molecule has 10 heteroatoms. The number of hydrogen-bond donors (Lipinski definition) is 1. The number of nitrogens with one attached hydrogen (secondary N) is 1. The number of benzene rings is 1. The summed E-state index contributed by atoms with van der Waals surface area (Å²) in [5, 5.41) is 27.4. The fourth-order valence-electron chi connectivity index (χ4n) is 3.16. The fourth-order valence-corrected chi connectivity index (χ4v) is 4.03. The Balaban J connectivity index is 1.79. The second-order valence-corrected chi connectivity index (χ2v) is 7.45. The van der Waals surface area contributed by atoms with E-state index < -0.39 is 9.85 Å². The first-order valence-corrected chi connectivity index (χ1v) is 9.46. The lowest BCUT2D eigenvalue weighted by molar-refractivity contribution is -0.393. The van der Waals surface area contributed by atoms with Gasteiger partial charge in [-0.1, -0.05) is 6.07 Å². The summed E-state index contributed by atoms with van der Waals surface area (Å²) < 4.78 is 0. The number of piperazine rings is 1. The third-order valence-corrected chi connectivity index (χ3v) is 5.70. The maximum absolute atomic E-state index is 11.3. The lowest BCUT2D eigenvalue weighted by Gasteiger charge is -2.37. The Morgan fingerprint density at radius 2 is 1.89 bits per heavy atom. The average Bonchev–Trinajstić information content (AvgIpc) is 3.17. The van der Waals surface area contributed by atoms with Gasteiger partial charge in [0.1, 0.15) is 5.69 Å². The molecule has 3 rings (SSSR count). The molecule has 1 aromatic carbocycles. The van der Waals surface area contributed by atoms with Crippen LogP contribution in [0.1, 0.15) is 10.9 Å². The number of nitro groups is 2. The van der Waals surface area contributed by atoms with Crippen LogP contribution in [0.25, 0.3) is 0 Å². The highest BCUT2D eigenvalue weighted by Gasteiger charge is 2.26. The molecule has 0 spiro atoms. The largest absolute Gasteiger partial charge is 0.378 e. The molecule has 2 aromatic rings. The van der Waals surface area contributed by atoms with Crippen molar-refractivity contribution < 1.29 is 9.85 Å². The molecule has 0 saturated carbocycles. The van der Waals surface area contributed by atoms with Gasteiger partial charge in [-0.05, 0) is 24.6 Å². The van der Waals surface area contributed by atoms with Crippen LogP contribution in [-0.4, -0.2) is 59.4 Å². The van der Waals surface area contributed by atoms with Gasteiger partial charge in [-0.25, -0.2) is 0 Å². The van der Waals surface area contributed by atoms with Crippen molar-refractivity contribution >= 4 is 28.4 Å². The van der Waals surface area contributed by atoms with Crippen molar-refractivity contribution in [2.45, 2.75) is 6.04 Å². The molecule has 1 atom stereocenters. The van der Waals surface area contributed by atoms with Crippen molar-refractivity contribution in [3.8, 4) is 0 Å². The van der Waals surface area contributed by atoms with Crippen LogP contribution in [0.3, 0.4) is 0 Å². The minimum absolute atomic E-state index is 0.0912. The standard InChI is InChI=1S/C17H21N5O4S/c1-19-6-8-20(9-7-19)16(17-3-2-10-27-17)12-18-14-5-4-13(21(23)24)11-15(14)22(25)26/h2-5,10-11,16,18H,6-9,12H2,1H3. The van der Waals surface area contributed by atoms with Crippen LogP contribution in [0, 0.1) is 20.2 Å². The number of thiophene rings is 1. The van der Waals surface area contributed by atoms with E-state index >= 15 is 0 Å². The number of anilines is 1. The van der Waals surface area contributed by atoms with Crippen LogP contribution < -0.4 is 5.32 Å². The van der Waals surface area contributed by atoms with Crippen LogP contribution in [-0.2, 0) is 0 Å². The molecular formula is C17H21N5O4S. The normalized spacial score (nSPS) is 16.8. The molecule has 1 aromatic heterocycles. The molecule has 0 amide bonds. The zero-order chi connectivity index (χ0) is 19.4. The Kier molecular flexibility index (Phi) is 5.99. The number of rotatable bonds is 7. The summed E-state index contributed by atoms with van der Waals surface area (Å²) in [5.41, 5.74) is -0.282. The molecule has 27 heavy (non-hydrogen) atoms. The molecule has 2 heterocycles.